The van der Waals surface area contributed by atoms with E-state index in [1.165, 1.54) is 13.4 Å². The number of piperazine rings is 1. The Morgan fingerprint density at radius 3 is 2.35 bits per heavy atom. The van der Waals surface area contributed by atoms with Gasteiger partial charge in [-0.1, -0.05) is 6.07 Å². The molecule has 0 aliphatic carbocycles. The lowest BCUT2D eigenvalue weighted by Gasteiger charge is -2.34. The van der Waals surface area contributed by atoms with Gasteiger partial charge in [0.25, 0.3) is 5.91 Å². The van der Waals surface area contributed by atoms with Gasteiger partial charge < -0.3 is 29.0 Å². The van der Waals surface area contributed by atoms with E-state index in [9.17, 15) is 9.59 Å². The Hall–Kier alpha value is -3.16. The lowest BCUT2D eigenvalue weighted by molar-refractivity contribution is 0.0640. The molecule has 0 saturated carbocycles. The van der Waals surface area contributed by atoms with Crippen LogP contribution in [0.25, 0.3) is 0 Å². The maximum Gasteiger partial charge on any atom is 0.322 e. The minimum Gasteiger partial charge on any atom is -0.493 e. The molecule has 0 spiro atoms. The van der Waals surface area contributed by atoms with Gasteiger partial charge in [-0.3, -0.25) is 4.79 Å². The summed E-state index contributed by atoms with van der Waals surface area (Å²) in [6.07, 6.45) is 1.47. The summed E-state index contributed by atoms with van der Waals surface area (Å²) < 4.78 is 15.7. The molecule has 138 valence electrons. The average molecular weight is 359 g/mol. The number of hydrogen-bond donors (Lipinski definition) is 1. The van der Waals surface area contributed by atoms with Gasteiger partial charge >= 0.3 is 6.03 Å². The van der Waals surface area contributed by atoms with E-state index in [2.05, 4.69) is 5.32 Å². The first-order chi connectivity index (χ1) is 12.6. The first kappa shape index (κ1) is 17.7. The summed E-state index contributed by atoms with van der Waals surface area (Å²) in [6, 6.07) is 8.34. The summed E-state index contributed by atoms with van der Waals surface area (Å²) in [6.45, 7) is 1.76. The van der Waals surface area contributed by atoms with Crippen molar-refractivity contribution >= 4 is 17.6 Å². The van der Waals surface area contributed by atoms with E-state index >= 15 is 0 Å². The van der Waals surface area contributed by atoms with E-state index in [1.54, 1.807) is 47.2 Å². The standard InChI is InChI=1S/C18H21N3O5/c1-24-14-6-3-5-13(16(14)25-2)19-18(23)21-10-8-20(9-11-21)17(22)15-7-4-12-26-15/h3-7,12H,8-11H2,1-2H3,(H,19,23). The lowest BCUT2D eigenvalue weighted by atomic mass is 10.2. The van der Waals surface area contributed by atoms with Crippen LogP contribution in [0.5, 0.6) is 11.5 Å². The van der Waals surface area contributed by atoms with Gasteiger partial charge in [0.2, 0.25) is 0 Å². The smallest absolute Gasteiger partial charge is 0.322 e. The number of para-hydroxylation sites is 1. The highest BCUT2D eigenvalue weighted by atomic mass is 16.5. The molecule has 3 rings (SSSR count). The van der Waals surface area contributed by atoms with Crippen molar-refractivity contribution in [3.05, 3.63) is 42.4 Å². The van der Waals surface area contributed by atoms with Gasteiger partial charge in [0.15, 0.2) is 17.3 Å². The number of nitrogens with zero attached hydrogens (tertiary/aromatic N) is 2. The van der Waals surface area contributed by atoms with Crippen LogP contribution >= 0.6 is 0 Å². The maximum absolute atomic E-state index is 12.5. The molecule has 2 heterocycles. The summed E-state index contributed by atoms with van der Waals surface area (Å²) in [5, 5.41) is 2.84. The van der Waals surface area contributed by atoms with Crippen LogP contribution in [0.2, 0.25) is 0 Å². The Balaban J connectivity index is 1.60. The van der Waals surface area contributed by atoms with E-state index in [4.69, 9.17) is 13.9 Å². The Labute approximate surface area is 151 Å². The summed E-state index contributed by atoms with van der Waals surface area (Å²) in [7, 11) is 3.06. The fourth-order valence-corrected chi connectivity index (χ4v) is 2.85. The fraction of sp³-hybridized carbons (Fsp3) is 0.333. The molecule has 26 heavy (non-hydrogen) atoms. The van der Waals surface area contributed by atoms with Gasteiger partial charge in [-0.05, 0) is 24.3 Å². The van der Waals surface area contributed by atoms with Crippen molar-refractivity contribution < 1.29 is 23.5 Å². The number of furan rings is 1. The molecule has 0 radical (unpaired) electrons. The van der Waals surface area contributed by atoms with Crippen LogP contribution < -0.4 is 14.8 Å². The molecule has 1 aromatic carbocycles. The van der Waals surface area contributed by atoms with E-state index in [0.717, 1.165) is 0 Å². The first-order valence-corrected chi connectivity index (χ1v) is 8.23. The number of carbonyl (C=O) groups excluding carboxylic acids is 2. The summed E-state index contributed by atoms with van der Waals surface area (Å²) in [5.74, 6) is 1.16. The third-order valence-corrected chi connectivity index (χ3v) is 4.23. The molecule has 1 aliphatic rings. The number of carbonyl (C=O) groups is 2. The number of rotatable bonds is 4. The average Bonchev–Trinajstić information content (AvgIpc) is 3.22. The number of benzene rings is 1. The molecular weight excluding hydrogens is 338 g/mol. The predicted octanol–water partition coefficient (Wildman–Crippen LogP) is 2.29. The molecular formula is C18H21N3O5. The zero-order valence-electron chi connectivity index (χ0n) is 14.7. The zero-order chi connectivity index (χ0) is 18.5. The van der Waals surface area contributed by atoms with Crippen molar-refractivity contribution in [2.24, 2.45) is 0 Å². The second kappa shape index (κ2) is 7.81. The molecule has 1 aromatic heterocycles. The highest BCUT2D eigenvalue weighted by molar-refractivity contribution is 5.93. The van der Waals surface area contributed by atoms with Gasteiger partial charge in [0, 0.05) is 26.2 Å². The normalized spacial score (nSPS) is 14.1. The monoisotopic (exact) mass is 359 g/mol. The van der Waals surface area contributed by atoms with Crippen molar-refractivity contribution in [2.45, 2.75) is 0 Å². The number of hydrogen-bond acceptors (Lipinski definition) is 5. The van der Waals surface area contributed by atoms with Gasteiger partial charge in [-0.15, -0.1) is 0 Å². The predicted molar refractivity (Wildman–Crippen MR) is 94.7 cm³/mol. The third kappa shape index (κ3) is 3.58. The number of anilines is 1. The molecule has 1 saturated heterocycles. The minimum absolute atomic E-state index is 0.162. The van der Waals surface area contributed by atoms with Crippen molar-refractivity contribution in [3.8, 4) is 11.5 Å². The molecule has 1 fully saturated rings. The van der Waals surface area contributed by atoms with Crippen molar-refractivity contribution in [3.63, 3.8) is 0 Å². The largest absolute Gasteiger partial charge is 0.493 e. The first-order valence-electron chi connectivity index (χ1n) is 8.23. The van der Waals surface area contributed by atoms with E-state index in [0.29, 0.717) is 49.1 Å². The van der Waals surface area contributed by atoms with Gasteiger partial charge in [-0.2, -0.15) is 0 Å². The van der Waals surface area contributed by atoms with Crippen LogP contribution in [0.15, 0.2) is 41.0 Å². The fourth-order valence-electron chi connectivity index (χ4n) is 2.85. The lowest BCUT2D eigenvalue weighted by Crippen LogP contribution is -2.51. The number of amides is 3. The number of methoxy groups -OCH3 is 2. The summed E-state index contributed by atoms with van der Waals surface area (Å²) >= 11 is 0. The van der Waals surface area contributed by atoms with Gasteiger partial charge in [-0.25, -0.2) is 4.79 Å². The van der Waals surface area contributed by atoms with Crippen LogP contribution in [-0.4, -0.2) is 62.1 Å². The molecule has 1 N–H and O–H groups in total. The number of urea groups is 1. The van der Waals surface area contributed by atoms with Gasteiger partial charge in [0.1, 0.15) is 0 Å². The Morgan fingerprint density at radius 1 is 1.00 bits per heavy atom. The SMILES string of the molecule is COc1cccc(NC(=O)N2CCN(C(=O)c3ccco3)CC2)c1OC. The van der Waals surface area contributed by atoms with E-state index in [1.807, 2.05) is 0 Å². The molecule has 8 heteroatoms. The van der Waals surface area contributed by atoms with Crippen LogP contribution in [0, 0.1) is 0 Å². The Kier molecular flexibility index (Phi) is 5.31. The maximum atomic E-state index is 12.5. The zero-order valence-corrected chi connectivity index (χ0v) is 14.7. The van der Waals surface area contributed by atoms with Crippen LogP contribution in [0.4, 0.5) is 10.5 Å². The van der Waals surface area contributed by atoms with Crippen LogP contribution in [0.3, 0.4) is 0 Å². The summed E-state index contributed by atoms with van der Waals surface area (Å²) in [5.41, 5.74) is 0.533. The van der Waals surface area contributed by atoms with Crippen LogP contribution in [0.1, 0.15) is 10.6 Å². The topological polar surface area (TPSA) is 84.3 Å². The Bertz CT molecular complexity index is 767. The van der Waals surface area contributed by atoms with E-state index < -0.39 is 0 Å². The molecule has 8 nitrogen and oxygen atoms in total. The number of ether oxygens (including phenoxy) is 2. The molecule has 3 amide bonds. The molecule has 0 unspecified atom stereocenters. The highest BCUT2D eigenvalue weighted by Crippen LogP contribution is 2.34. The molecule has 0 bridgehead atoms. The Morgan fingerprint density at radius 2 is 1.73 bits per heavy atom. The van der Waals surface area contributed by atoms with E-state index in [-0.39, 0.29) is 11.9 Å². The second-order valence-electron chi connectivity index (χ2n) is 5.73. The number of nitrogens with one attached hydrogen (secondary N) is 1. The van der Waals surface area contributed by atoms with Crippen molar-refractivity contribution in [1.82, 2.24) is 9.80 Å². The molecule has 1 aliphatic heterocycles. The van der Waals surface area contributed by atoms with Crippen LogP contribution in [-0.2, 0) is 0 Å². The second-order valence-corrected chi connectivity index (χ2v) is 5.73. The minimum atomic E-state index is -0.248. The molecule has 0 atom stereocenters. The quantitative estimate of drug-likeness (QED) is 0.905. The van der Waals surface area contributed by atoms with Crippen molar-refractivity contribution in [2.75, 3.05) is 45.7 Å². The highest BCUT2D eigenvalue weighted by Gasteiger charge is 2.26. The molecule has 2 aromatic rings. The van der Waals surface area contributed by atoms with Gasteiger partial charge in [0.05, 0.1) is 26.2 Å². The third-order valence-electron chi connectivity index (χ3n) is 4.23. The summed E-state index contributed by atoms with van der Waals surface area (Å²) in [4.78, 5) is 28.1. The van der Waals surface area contributed by atoms with Crippen molar-refractivity contribution in [1.29, 1.82) is 0 Å².